The normalized spacial score (nSPS) is 16.2. The summed E-state index contributed by atoms with van der Waals surface area (Å²) in [7, 11) is 1.79. The van der Waals surface area contributed by atoms with Gasteiger partial charge in [-0.15, -0.1) is 0 Å². The fourth-order valence-corrected chi connectivity index (χ4v) is 1.69. The molecule has 0 unspecified atom stereocenters. The summed E-state index contributed by atoms with van der Waals surface area (Å²) >= 11 is 1.07. The molecule has 1 aromatic rings. The average molecular weight is 237 g/mol. The van der Waals surface area contributed by atoms with Crippen LogP contribution in [0.25, 0.3) is 0 Å². The average Bonchev–Trinajstić information content (AvgIpc) is 3.13. The Morgan fingerprint density at radius 2 is 2.00 bits per heavy atom. The van der Waals surface area contributed by atoms with Gasteiger partial charge in [0.2, 0.25) is 12.3 Å². The molecule has 2 rings (SSSR count). The lowest BCUT2D eigenvalue weighted by Crippen LogP contribution is -1.94. The van der Waals surface area contributed by atoms with Gasteiger partial charge in [0.25, 0.3) is 0 Å². The van der Waals surface area contributed by atoms with Crippen molar-refractivity contribution in [3.05, 3.63) is 29.8 Å². The van der Waals surface area contributed by atoms with Gasteiger partial charge in [-0.25, -0.2) is 0 Å². The van der Waals surface area contributed by atoms with Crippen LogP contribution >= 0.6 is 12.3 Å². The molecule has 0 spiro atoms. The molecule has 4 heteroatoms. The Bertz CT molecular complexity index is 371. The van der Waals surface area contributed by atoms with Crippen molar-refractivity contribution in [2.45, 2.75) is 25.9 Å². The highest BCUT2D eigenvalue weighted by atomic mass is 32.2. The minimum atomic E-state index is 0.402. The summed E-state index contributed by atoms with van der Waals surface area (Å²) in [5.41, 5.74) is 2.14. The molecule has 16 heavy (non-hydrogen) atoms. The Kier molecular flexibility index (Phi) is 3.85. The summed E-state index contributed by atoms with van der Waals surface area (Å²) < 4.78 is 10.7. The highest BCUT2D eigenvalue weighted by Gasteiger charge is 2.23. The Morgan fingerprint density at radius 1 is 1.31 bits per heavy atom. The van der Waals surface area contributed by atoms with Crippen molar-refractivity contribution in [3.8, 4) is 5.75 Å². The van der Waals surface area contributed by atoms with Crippen LogP contribution in [0.4, 0.5) is 0 Å². The molecule has 1 fully saturated rings. The third-order valence-electron chi connectivity index (χ3n) is 2.44. The quantitative estimate of drug-likeness (QED) is 0.582. The van der Waals surface area contributed by atoms with E-state index in [4.69, 9.17) is 8.37 Å². The molecule has 0 heterocycles. The van der Waals surface area contributed by atoms with Gasteiger partial charge in [-0.05, 0) is 49.6 Å². The molecular weight excluding hydrogens is 222 g/mol. The van der Waals surface area contributed by atoms with E-state index in [1.807, 2.05) is 31.2 Å². The predicted molar refractivity (Wildman–Crippen MR) is 66.9 cm³/mol. The highest BCUT2D eigenvalue weighted by Crippen LogP contribution is 2.29. The fourth-order valence-electron chi connectivity index (χ4n) is 1.16. The molecule has 0 atom stereocenters. The molecule has 0 aromatic heterocycles. The highest BCUT2D eigenvalue weighted by molar-refractivity contribution is 7.90. The monoisotopic (exact) mass is 237 g/mol. The molecule has 0 aliphatic heterocycles. The molecule has 0 radical (unpaired) electrons. The van der Waals surface area contributed by atoms with Crippen molar-refractivity contribution < 1.29 is 8.37 Å². The maximum absolute atomic E-state index is 5.38. The van der Waals surface area contributed by atoms with Gasteiger partial charge >= 0.3 is 0 Å². The third kappa shape index (κ3) is 3.25. The van der Waals surface area contributed by atoms with Crippen LogP contribution in [0.1, 0.15) is 25.3 Å². The van der Waals surface area contributed by atoms with E-state index in [0.29, 0.717) is 6.10 Å². The maximum Gasteiger partial charge on any atom is 0.225 e. The zero-order chi connectivity index (χ0) is 11.4. The second kappa shape index (κ2) is 5.37. The summed E-state index contributed by atoms with van der Waals surface area (Å²) in [6.07, 6.45) is 2.71. The minimum Gasteiger partial charge on any atom is -0.400 e. The van der Waals surface area contributed by atoms with Crippen molar-refractivity contribution in [1.82, 2.24) is 0 Å². The number of hydrogen-bond acceptors (Lipinski definition) is 4. The Labute approximate surface area is 100 Å². The van der Waals surface area contributed by atoms with E-state index in [-0.39, 0.29) is 0 Å². The molecule has 0 N–H and O–H groups in total. The van der Waals surface area contributed by atoms with Crippen LogP contribution in [0.3, 0.4) is 0 Å². The first-order valence-electron chi connectivity index (χ1n) is 5.33. The molecule has 0 saturated heterocycles. The first-order valence-corrected chi connectivity index (χ1v) is 6.00. The van der Waals surface area contributed by atoms with E-state index in [9.17, 15) is 0 Å². The largest absolute Gasteiger partial charge is 0.400 e. The third-order valence-corrected chi connectivity index (χ3v) is 3.05. The molecule has 86 valence electrons. The van der Waals surface area contributed by atoms with Gasteiger partial charge in [0.05, 0.1) is 6.10 Å². The summed E-state index contributed by atoms with van der Waals surface area (Å²) in [6, 6.07) is 7.84. The van der Waals surface area contributed by atoms with E-state index in [0.717, 1.165) is 42.2 Å². The van der Waals surface area contributed by atoms with Crippen molar-refractivity contribution >= 4 is 18.0 Å². The molecule has 1 aromatic carbocycles. The first-order chi connectivity index (χ1) is 7.79. The summed E-state index contributed by atoms with van der Waals surface area (Å²) in [4.78, 5) is 4.13. The molecule has 1 aliphatic rings. The molecule has 1 saturated carbocycles. The van der Waals surface area contributed by atoms with Crippen LogP contribution in [-0.2, 0) is 4.18 Å². The molecule has 0 amide bonds. The van der Waals surface area contributed by atoms with Gasteiger partial charge in [0.1, 0.15) is 5.75 Å². The maximum atomic E-state index is 5.38. The van der Waals surface area contributed by atoms with Gasteiger partial charge in [0, 0.05) is 12.8 Å². The van der Waals surface area contributed by atoms with Gasteiger partial charge in [-0.3, -0.25) is 9.18 Å². The topological polar surface area (TPSA) is 30.8 Å². The number of rotatable bonds is 5. The molecular formula is C12H15NO2S. The number of hydrogen-bond donors (Lipinski definition) is 0. The Hall–Kier alpha value is -1.00. The lowest BCUT2D eigenvalue weighted by atomic mass is 10.1. The summed E-state index contributed by atoms with van der Waals surface area (Å²) in [5, 5.41) is 0. The smallest absolute Gasteiger partial charge is 0.225 e. The summed E-state index contributed by atoms with van der Waals surface area (Å²) in [6.45, 7) is 1.99. The van der Waals surface area contributed by atoms with Crippen LogP contribution in [0.2, 0.25) is 0 Å². The second-order valence-electron chi connectivity index (χ2n) is 3.78. The zero-order valence-corrected chi connectivity index (χ0v) is 10.3. The van der Waals surface area contributed by atoms with Crippen molar-refractivity contribution in [2.75, 3.05) is 7.05 Å². The lowest BCUT2D eigenvalue weighted by Gasteiger charge is -2.04. The fraction of sp³-hybridized carbons (Fsp3) is 0.417. The second-order valence-corrected chi connectivity index (χ2v) is 4.28. The van der Waals surface area contributed by atoms with Gasteiger partial charge in [-0.1, -0.05) is 0 Å². The molecule has 3 nitrogen and oxygen atoms in total. The van der Waals surface area contributed by atoms with Crippen molar-refractivity contribution in [3.63, 3.8) is 0 Å². The van der Waals surface area contributed by atoms with Crippen LogP contribution < -0.4 is 4.18 Å². The van der Waals surface area contributed by atoms with Crippen molar-refractivity contribution in [1.29, 1.82) is 0 Å². The van der Waals surface area contributed by atoms with Crippen LogP contribution in [0.5, 0.6) is 5.75 Å². The van der Waals surface area contributed by atoms with Crippen LogP contribution in [-0.4, -0.2) is 18.9 Å². The van der Waals surface area contributed by atoms with E-state index < -0.39 is 0 Å². The SMILES string of the molecule is CN=C(C)c1ccc(OSOC2CC2)cc1. The molecule has 1 aliphatic carbocycles. The van der Waals surface area contributed by atoms with Crippen LogP contribution in [0, 0.1) is 0 Å². The van der Waals surface area contributed by atoms with Gasteiger partial charge in [-0.2, -0.15) is 0 Å². The Balaban J connectivity index is 1.85. The van der Waals surface area contributed by atoms with Crippen LogP contribution in [0.15, 0.2) is 29.3 Å². The number of aliphatic imine (C=N–C) groups is 1. The first kappa shape index (κ1) is 11.5. The van der Waals surface area contributed by atoms with E-state index in [2.05, 4.69) is 4.99 Å². The summed E-state index contributed by atoms with van der Waals surface area (Å²) in [5.74, 6) is 0.804. The standard InChI is InChI=1S/C12H15NO2S/c1-9(13-2)10-3-5-11(6-4-10)14-16-15-12-7-8-12/h3-6,12H,7-8H2,1-2H3. The van der Waals surface area contributed by atoms with E-state index in [1.165, 1.54) is 0 Å². The predicted octanol–water partition coefficient (Wildman–Crippen LogP) is 3.25. The molecule has 0 bridgehead atoms. The van der Waals surface area contributed by atoms with E-state index >= 15 is 0 Å². The number of nitrogens with zero attached hydrogens (tertiary/aromatic N) is 1. The zero-order valence-electron chi connectivity index (χ0n) is 9.47. The minimum absolute atomic E-state index is 0.402. The van der Waals surface area contributed by atoms with E-state index in [1.54, 1.807) is 7.05 Å². The van der Waals surface area contributed by atoms with Crippen molar-refractivity contribution in [2.24, 2.45) is 4.99 Å². The lowest BCUT2D eigenvalue weighted by molar-refractivity contribution is 0.333. The number of benzene rings is 1. The van der Waals surface area contributed by atoms with Gasteiger partial charge < -0.3 is 4.18 Å². The Morgan fingerprint density at radius 3 is 2.56 bits per heavy atom. The van der Waals surface area contributed by atoms with Gasteiger partial charge in [0.15, 0.2) is 0 Å².